The highest BCUT2D eigenvalue weighted by Crippen LogP contribution is 2.23. The molecule has 3 N–H and O–H groups in total. The van der Waals surface area contributed by atoms with Crippen LogP contribution in [0.3, 0.4) is 0 Å². The van der Waals surface area contributed by atoms with Crippen molar-refractivity contribution in [3.63, 3.8) is 0 Å². The Labute approximate surface area is 122 Å². The quantitative estimate of drug-likeness (QED) is 0.851. The summed E-state index contributed by atoms with van der Waals surface area (Å²) in [6, 6.07) is 4.68. The van der Waals surface area contributed by atoms with Crippen molar-refractivity contribution in [1.82, 2.24) is 9.55 Å². The first-order chi connectivity index (χ1) is 9.52. The van der Waals surface area contributed by atoms with Crippen molar-refractivity contribution in [3.05, 3.63) is 41.4 Å². The van der Waals surface area contributed by atoms with Gasteiger partial charge in [-0.05, 0) is 25.1 Å². The van der Waals surface area contributed by atoms with E-state index in [1.165, 1.54) is 0 Å². The lowest BCUT2D eigenvalue weighted by atomic mass is 10.2. The number of aromatic nitrogens is 2. The molecule has 0 aliphatic rings. The average molecular weight is 293 g/mol. The zero-order valence-electron chi connectivity index (χ0n) is 11.4. The molecule has 0 bridgehead atoms. The number of aryl methyl sites for hydroxylation is 1. The number of nitrogen functional groups attached to an aromatic ring is 1. The number of hydrogen-bond acceptors (Lipinski definition) is 3. The Morgan fingerprint density at radius 2 is 2.30 bits per heavy atom. The van der Waals surface area contributed by atoms with E-state index in [0.717, 1.165) is 12.2 Å². The van der Waals surface area contributed by atoms with E-state index in [1.54, 1.807) is 30.6 Å². The second kappa shape index (κ2) is 5.96. The van der Waals surface area contributed by atoms with Gasteiger partial charge in [0.2, 0.25) is 5.91 Å². The van der Waals surface area contributed by atoms with Gasteiger partial charge < -0.3 is 15.6 Å². The van der Waals surface area contributed by atoms with Crippen LogP contribution in [0.5, 0.6) is 0 Å². The van der Waals surface area contributed by atoms with Gasteiger partial charge in [0.1, 0.15) is 11.9 Å². The molecule has 106 valence electrons. The van der Waals surface area contributed by atoms with E-state index in [1.807, 2.05) is 18.4 Å². The fourth-order valence-electron chi connectivity index (χ4n) is 1.96. The third kappa shape index (κ3) is 2.93. The second-order valence-corrected chi connectivity index (χ2v) is 4.91. The van der Waals surface area contributed by atoms with Gasteiger partial charge >= 0.3 is 0 Å². The molecule has 0 saturated heterocycles. The van der Waals surface area contributed by atoms with E-state index >= 15 is 0 Å². The number of halogens is 1. The molecule has 20 heavy (non-hydrogen) atoms. The molecular weight excluding hydrogens is 276 g/mol. The van der Waals surface area contributed by atoms with E-state index < -0.39 is 0 Å². The number of nitrogens with one attached hydrogen (secondary N) is 1. The van der Waals surface area contributed by atoms with Crippen molar-refractivity contribution in [3.8, 4) is 0 Å². The highest BCUT2D eigenvalue weighted by Gasteiger charge is 2.17. The Bertz CT molecular complexity index is 623. The van der Waals surface area contributed by atoms with Crippen LogP contribution in [0.25, 0.3) is 0 Å². The maximum absolute atomic E-state index is 12.2. The van der Waals surface area contributed by atoms with Crippen LogP contribution in [-0.2, 0) is 11.2 Å². The zero-order valence-corrected chi connectivity index (χ0v) is 12.2. The summed E-state index contributed by atoms with van der Waals surface area (Å²) < 4.78 is 1.86. The topological polar surface area (TPSA) is 72.9 Å². The highest BCUT2D eigenvalue weighted by molar-refractivity contribution is 6.33. The van der Waals surface area contributed by atoms with E-state index in [9.17, 15) is 4.79 Å². The normalized spacial score (nSPS) is 12.2. The SMILES string of the molecule is CCc1nccn1C(C)C(=O)Nc1ccc(Cl)c(N)c1. The Hall–Kier alpha value is -2.01. The van der Waals surface area contributed by atoms with Crippen LogP contribution in [0.1, 0.15) is 25.7 Å². The summed E-state index contributed by atoms with van der Waals surface area (Å²) >= 11 is 5.85. The molecule has 0 aliphatic heterocycles. The third-order valence-corrected chi connectivity index (χ3v) is 3.47. The van der Waals surface area contributed by atoms with Gasteiger partial charge in [-0.3, -0.25) is 4.79 Å². The maximum atomic E-state index is 12.2. The molecule has 2 aromatic rings. The highest BCUT2D eigenvalue weighted by atomic mass is 35.5. The standard InChI is InChI=1S/C14H17ClN4O/c1-3-13-17-6-7-19(13)9(2)14(20)18-10-4-5-11(15)12(16)8-10/h4-9H,3,16H2,1-2H3,(H,18,20). The minimum absolute atomic E-state index is 0.126. The van der Waals surface area contributed by atoms with Gasteiger partial charge in [0.25, 0.3) is 0 Å². The molecule has 1 aromatic carbocycles. The van der Waals surface area contributed by atoms with Gasteiger partial charge in [-0.2, -0.15) is 0 Å². The Morgan fingerprint density at radius 1 is 1.55 bits per heavy atom. The Morgan fingerprint density at radius 3 is 2.95 bits per heavy atom. The summed E-state index contributed by atoms with van der Waals surface area (Å²) in [6.07, 6.45) is 4.28. The first-order valence-electron chi connectivity index (χ1n) is 6.40. The predicted molar refractivity (Wildman–Crippen MR) is 80.8 cm³/mol. The molecule has 1 aromatic heterocycles. The van der Waals surface area contributed by atoms with Crippen LogP contribution < -0.4 is 11.1 Å². The minimum atomic E-state index is -0.343. The van der Waals surface area contributed by atoms with Crippen molar-refractivity contribution in [2.75, 3.05) is 11.1 Å². The van der Waals surface area contributed by atoms with Crippen LogP contribution in [0.4, 0.5) is 11.4 Å². The van der Waals surface area contributed by atoms with Crippen LogP contribution >= 0.6 is 11.6 Å². The predicted octanol–water partition coefficient (Wildman–Crippen LogP) is 2.88. The number of amides is 1. The number of hydrogen-bond donors (Lipinski definition) is 2. The molecule has 5 nitrogen and oxygen atoms in total. The number of nitrogens with zero attached hydrogens (tertiary/aromatic N) is 2. The number of rotatable bonds is 4. The van der Waals surface area contributed by atoms with E-state index in [0.29, 0.717) is 16.4 Å². The van der Waals surface area contributed by atoms with E-state index in [4.69, 9.17) is 17.3 Å². The molecule has 0 aliphatic carbocycles. The number of anilines is 2. The van der Waals surface area contributed by atoms with E-state index in [2.05, 4.69) is 10.3 Å². The number of benzene rings is 1. The summed E-state index contributed by atoms with van der Waals surface area (Å²) in [7, 11) is 0. The van der Waals surface area contributed by atoms with Gasteiger partial charge in [0.15, 0.2) is 0 Å². The largest absolute Gasteiger partial charge is 0.397 e. The summed E-state index contributed by atoms with van der Waals surface area (Å²) in [4.78, 5) is 16.5. The zero-order chi connectivity index (χ0) is 14.7. The monoisotopic (exact) mass is 292 g/mol. The van der Waals surface area contributed by atoms with Gasteiger partial charge in [-0.1, -0.05) is 18.5 Å². The summed E-state index contributed by atoms with van der Waals surface area (Å²) in [5, 5.41) is 3.29. The molecular formula is C14H17ClN4O. The molecule has 0 spiro atoms. The summed E-state index contributed by atoms with van der Waals surface area (Å²) in [6.45, 7) is 3.83. The lowest BCUT2D eigenvalue weighted by Gasteiger charge is -2.16. The number of imidazole rings is 1. The minimum Gasteiger partial charge on any atom is -0.397 e. The van der Waals surface area contributed by atoms with Crippen molar-refractivity contribution in [1.29, 1.82) is 0 Å². The fraction of sp³-hybridized carbons (Fsp3) is 0.286. The van der Waals surface area contributed by atoms with Crippen LogP contribution in [0.15, 0.2) is 30.6 Å². The number of carbonyl (C=O) groups is 1. The molecule has 1 heterocycles. The first-order valence-corrected chi connectivity index (χ1v) is 6.78. The van der Waals surface area contributed by atoms with Gasteiger partial charge in [-0.15, -0.1) is 0 Å². The van der Waals surface area contributed by atoms with Crippen LogP contribution in [-0.4, -0.2) is 15.5 Å². The lowest BCUT2D eigenvalue weighted by molar-refractivity contribution is -0.118. The smallest absolute Gasteiger partial charge is 0.247 e. The van der Waals surface area contributed by atoms with Gasteiger partial charge in [0, 0.05) is 24.5 Å². The molecule has 0 fully saturated rings. The fourth-order valence-corrected chi connectivity index (χ4v) is 2.08. The molecule has 0 radical (unpaired) electrons. The molecule has 0 saturated carbocycles. The van der Waals surface area contributed by atoms with Gasteiger partial charge in [0.05, 0.1) is 10.7 Å². The first kappa shape index (κ1) is 14.4. The summed E-state index contributed by atoms with van der Waals surface area (Å²) in [5.41, 5.74) is 6.78. The Kier molecular flexibility index (Phi) is 4.29. The molecule has 1 atom stereocenters. The number of carbonyl (C=O) groups excluding carboxylic acids is 1. The maximum Gasteiger partial charge on any atom is 0.247 e. The molecule has 1 amide bonds. The lowest BCUT2D eigenvalue weighted by Crippen LogP contribution is -2.24. The van der Waals surface area contributed by atoms with E-state index in [-0.39, 0.29) is 11.9 Å². The third-order valence-electron chi connectivity index (χ3n) is 3.13. The van der Waals surface area contributed by atoms with Crippen molar-refractivity contribution in [2.45, 2.75) is 26.3 Å². The van der Waals surface area contributed by atoms with Crippen LogP contribution in [0, 0.1) is 0 Å². The van der Waals surface area contributed by atoms with Crippen molar-refractivity contribution >= 4 is 28.9 Å². The number of nitrogens with two attached hydrogens (primary N) is 1. The Balaban J connectivity index is 2.13. The van der Waals surface area contributed by atoms with Crippen LogP contribution in [0.2, 0.25) is 5.02 Å². The second-order valence-electron chi connectivity index (χ2n) is 4.51. The van der Waals surface area contributed by atoms with Crippen molar-refractivity contribution < 1.29 is 4.79 Å². The summed E-state index contributed by atoms with van der Waals surface area (Å²) in [5.74, 6) is 0.752. The molecule has 6 heteroatoms. The molecule has 2 rings (SSSR count). The molecule has 1 unspecified atom stereocenters. The van der Waals surface area contributed by atoms with Crippen molar-refractivity contribution in [2.24, 2.45) is 0 Å². The van der Waals surface area contributed by atoms with Gasteiger partial charge in [-0.25, -0.2) is 4.98 Å². The average Bonchev–Trinajstić information content (AvgIpc) is 2.90.